The minimum atomic E-state index is -0.211. The van der Waals surface area contributed by atoms with Crippen LogP contribution in [-0.4, -0.2) is 19.0 Å². The van der Waals surface area contributed by atoms with Gasteiger partial charge >= 0.3 is 0 Å². The van der Waals surface area contributed by atoms with E-state index >= 15 is 0 Å². The highest BCUT2D eigenvalue weighted by molar-refractivity contribution is 4.79. The summed E-state index contributed by atoms with van der Waals surface area (Å²) in [6.45, 7) is 0. The average Bonchev–Trinajstić information content (AvgIpc) is 2.49. The average molecular weight is 184 g/mol. The lowest BCUT2D eigenvalue weighted by Crippen LogP contribution is -2.35. The lowest BCUT2D eigenvalue weighted by atomic mass is 9.99. The van der Waals surface area contributed by atoms with Gasteiger partial charge in [-0.2, -0.15) is 0 Å². The van der Waals surface area contributed by atoms with Gasteiger partial charge in [0.05, 0.1) is 6.10 Å². The Balaban J connectivity index is 2.10. The monoisotopic (exact) mass is 184 g/mol. The highest BCUT2D eigenvalue weighted by Gasteiger charge is 2.36. The fraction of sp³-hybridized carbons (Fsp3) is 1.00. The Morgan fingerprint density at radius 1 is 1.08 bits per heavy atom. The molecule has 0 spiro atoms. The maximum Gasteiger partial charge on any atom is 0.168 e. The summed E-state index contributed by atoms with van der Waals surface area (Å²) in [7, 11) is 1.80. The molecule has 0 saturated carbocycles. The van der Waals surface area contributed by atoms with Crippen LogP contribution in [0.15, 0.2) is 0 Å². The predicted octanol–water partition coefficient (Wildman–Crippen LogP) is 2.86. The molecular formula is C11H20O2. The fourth-order valence-electron chi connectivity index (χ4n) is 2.59. The largest absolute Gasteiger partial charge is 0.353 e. The van der Waals surface area contributed by atoms with Crippen LogP contribution in [0.5, 0.6) is 0 Å². The van der Waals surface area contributed by atoms with Gasteiger partial charge in [-0.1, -0.05) is 12.8 Å². The van der Waals surface area contributed by atoms with Crippen molar-refractivity contribution in [2.75, 3.05) is 7.11 Å². The van der Waals surface area contributed by atoms with E-state index in [1.165, 1.54) is 38.5 Å². The molecule has 13 heavy (non-hydrogen) atoms. The number of ether oxygens (including phenoxy) is 2. The van der Waals surface area contributed by atoms with Gasteiger partial charge in [-0.25, -0.2) is 0 Å². The van der Waals surface area contributed by atoms with Crippen LogP contribution in [0.4, 0.5) is 0 Å². The van der Waals surface area contributed by atoms with Gasteiger partial charge in [0.15, 0.2) is 5.79 Å². The third-order valence-electron chi connectivity index (χ3n) is 3.42. The summed E-state index contributed by atoms with van der Waals surface area (Å²) in [6, 6.07) is 0. The van der Waals surface area contributed by atoms with E-state index in [1.807, 2.05) is 0 Å². The third kappa shape index (κ3) is 2.05. The molecule has 2 saturated heterocycles. The molecule has 2 aliphatic rings. The Labute approximate surface area is 80.6 Å². The van der Waals surface area contributed by atoms with Gasteiger partial charge in [0.1, 0.15) is 0 Å². The second-order valence-electron chi connectivity index (χ2n) is 4.35. The summed E-state index contributed by atoms with van der Waals surface area (Å²) in [5.74, 6) is -0.211. The Morgan fingerprint density at radius 2 is 1.69 bits per heavy atom. The van der Waals surface area contributed by atoms with Crippen LogP contribution >= 0.6 is 0 Å². The molecule has 2 rings (SSSR count). The van der Waals surface area contributed by atoms with Crippen molar-refractivity contribution < 1.29 is 9.47 Å². The molecule has 0 radical (unpaired) electrons. The van der Waals surface area contributed by atoms with E-state index in [0.29, 0.717) is 6.10 Å². The Kier molecular flexibility index (Phi) is 2.89. The quantitative estimate of drug-likeness (QED) is 0.624. The zero-order valence-corrected chi connectivity index (χ0v) is 8.55. The van der Waals surface area contributed by atoms with E-state index in [-0.39, 0.29) is 5.79 Å². The van der Waals surface area contributed by atoms with Gasteiger partial charge in [0, 0.05) is 20.0 Å². The summed E-state index contributed by atoms with van der Waals surface area (Å²) in [6.07, 6.45) is 10.3. The van der Waals surface area contributed by atoms with Crippen molar-refractivity contribution in [1.82, 2.24) is 0 Å². The standard InChI is InChI=1S/C11H20O2/c1-12-11-8-4-2-6-10(13-11)7-3-5-9-11/h10H,2-9H2,1H3. The molecule has 0 amide bonds. The van der Waals surface area contributed by atoms with Crippen molar-refractivity contribution >= 4 is 0 Å². The van der Waals surface area contributed by atoms with E-state index < -0.39 is 0 Å². The molecule has 0 N–H and O–H groups in total. The second-order valence-corrected chi connectivity index (χ2v) is 4.35. The van der Waals surface area contributed by atoms with Gasteiger partial charge in [0.2, 0.25) is 0 Å². The van der Waals surface area contributed by atoms with Gasteiger partial charge in [0.25, 0.3) is 0 Å². The maximum absolute atomic E-state index is 6.09. The van der Waals surface area contributed by atoms with Crippen molar-refractivity contribution in [1.29, 1.82) is 0 Å². The van der Waals surface area contributed by atoms with Crippen molar-refractivity contribution in [2.45, 2.75) is 63.3 Å². The Morgan fingerprint density at radius 3 is 2.23 bits per heavy atom. The molecule has 2 aliphatic heterocycles. The van der Waals surface area contributed by atoms with Crippen LogP contribution in [0.1, 0.15) is 51.4 Å². The fourth-order valence-corrected chi connectivity index (χ4v) is 2.59. The van der Waals surface area contributed by atoms with Crippen LogP contribution < -0.4 is 0 Å². The topological polar surface area (TPSA) is 18.5 Å². The van der Waals surface area contributed by atoms with Gasteiger partial charge in [-0.05, 0) is 25.7 Å². The first-order chi connectivity index (χ1) is 6.35. The molecule has 0 aromatic rings. The molecule has 76 valence electrons. The zero-order valence-electron chi connectivity index (χ0n) is 8.55. The molecule has 2 bridgehead atoms. The first-order valence-corrected chi connectivity index (χ1v) is 5.58. The summed E-state index contributed by atoms with van der Waals surface area (Å²) in [5.41, 5.74) is 0. The highest BCUT2D eigenvalue weighted by Crippen LogP contribution is 2.36. The van der Waals surface area contributed by atoms with Crippen molar-refractivity contribution in [3.8, 4) is 0 Å². The molecule has 2 nitrogen and oxygen atoms in total. The number of methoxy groups -OCH3 is 1. The first kappa shape index (κ1) is 9.47. The molecular weight excluding hydrogens is 164 g/mol. The lowest BCUT2D eigenvalue weighted by Gasteiger charge is -2.31. The molecule has 0 aliphatic carbocycles. The van der Waals surface area contributed by atoms with Gasteiger partial charge in [-0.15, -0.1) is 0 Å². The van der Waals surface area contributed by atoms with Crippen molar-refractivity contribution in [3.05, 3.63) is 0 Å². The van der Waals surface area contributed by atoms with Crippen molar-refractivity contribution in [2.24, 2.45) is 0 Å². The van der Waals surface area contributed by atoms with E-state index in [2.05, 4.69) is 0 Å². The van der Waals surface area contributed by atoms with Crippen LogP contribution in [-0.2, 0) is 9.47 Å². The van der Waals surface area contributed by atoms with Crippen LogP contribution in [0.3, 0.4) is 0 Å². The normalized spacial score (nSPS) is 40.8. The zero-order chi connectivity index (χ0) is 9.15. The molecule has 0 unspecified atom stereocenters. The van der Waals surface area contributed by atoms with Crippen LogP contribution in [0, 0.1) is 0 Å². The summed E-state index contributed by atoms with van der Waals surface area (Å²) < 4.78 is 11.7. The molecule has 0 aromatic heterocycles. The predicted molar refractivity (Wildman–Crippen MR) is 51.5 cm³/mol. The summed E-state index contributed by atoms with van der Waals surface area (Å²) >= 11 is 0. The molecule has 0 aromatic carbocycles. The van der Waals surface area contributed by atoms with Crippen molar-refractivity contribution in [3.63, 3.8) is 0 Å². The van der Waals surface area contributed by atoms with E-state index in [1.54, 1.807) is 7.11 Å². The maximum atomic E-state index is 6.09. The molecule has 2 heterocycles. The summed E-state index contributed by atoms with van der Waals surface area (Å²) in [4.78, 5) is 0. The lowest BCUT2D eigenvalue weighted by molar-refractivity contribution is -0.243. The van der Waals surface area contributed by atoms with Crippen LogP contribution in [0.2, 0.25) is 0 Å². The van der Waals surface area contributed by atoms with Gasteiger partial charge < -0.3 is 9.47 Å². The number of fused-ring (bicyclic) bond motifs is 2. The third-order valence-corrected chi connectivity index (χ3v) is 3.42. The number of hydrogen-bond acceptors (Lipinski definition) is 2. The minimum absolute atomic E-state index is 0.211. The molecule has 2 heteroatoms. The van der Waals surface area contributed by atoms with E-state index in [4.69, 9.17) is 9.47 Å². The SMILES string of the molecule is COC12CCCCC(CCCC1)O2. The number of hydrogen-bond donors (Lipinski definition) is 0. The number of rotatable bonds is 1. The van der Waals surface area contributed by atoms with Gasteiger partial charge in [-0.3, -0.25) is 0 Å². The Hall–Kier alpha value is -0.0800. The Bertz CT molecular complexity index is 155. The van der Waals surface area contributed by atoms with E-state index in [0.717, 1.165) is 12.8 Å². The second kappa shape index (κ2) is 3.97. The molecule has 2 fully saturated rings. The highest BCUT2D eigenvalue weighted by atomic mass is 16.7. The van der Waals surface area contributed by atoms with E-state index in [9.17, 15) is 0 Å². The first-order valence-electron chi connectivity index (χ1n) is 5.58. The molecule has 0 atom stereocenters. The van der Waals surface area contributed by atoms with Crippen LogP contribution in [0.25, 0.3) is 0 Å². The minimum Gasteiger partial charge on any atom is -0.353 e. The summed E-state index contributed by atoms with van der Waals surface area (Å²) in [5, 5.41) is 0. The smallest absolute Gasteiger partial charge is 0.168 e.